The first-order valence-electron chi connectivity index (χ1n) is 9.71. The topological polar surface area (TPSA) is 71.5 Å². The number of aromatic nitrogens is 1. The van der Waals surface area contributed by atoms with E-state index in [9.17, 15) is 9.59 Å². The number of thiazole rings is 1. The van der Waals surface area contributed by atoms with Crippen LogP contribution in [0.5, 0.6) is 5.75 Å². The molecule has 3 aromatic rings. The third-order valence-corrected chi connectivity index (χ3v) is 6.37. The molecule has 2 aromatic carbocycles. The van der Waals surface area contributed by atoms with Gasteiger partial charge in [0.25, 0.3) is 5.91 Å². The van der Waals surface area contributed by atoms with E-state index in [4.69, 9.17) is 27.9 Å². The zero-order valence-electron chi connectivity index (χ0n) is 16.7. The number of carbonyl (C=O) groups excluding carboxylic acids is 2. The van der Waals surface area contributed by atoms with Crippen molar-refractivity contribution in [3.05, 3.63) is 56.8 Å². The first-order valence-corrected chi connectivity index (χ1v) is 11.3. The van der Waals surface area contributed by atoms with Crippen LogP contribution in [0.4, 0.5) is 11.4 Å². The van der Waals surface area contributed by atoms with Crippen LogP contribution in [0.2, 0.25) is 10.0 Å². The Morgan fingerprint density at radius 1 is 1.23 bits per heavy atom. The Kier molecular flexibility index (Phi) is 6.46. The monoisotopic (exact) mass is 475 g/mol. The summed E-state index contributed by atoms with van der Waals surface area (Å²) in [7, 11) is 0. The number of hydrogen-bond acceptors (Lipinski definition) is 5. The lowest BCUT2D eigenvalue weighted by atomic mass is 10.1. The zero-order chi connectivity index (χ0) is 22.0. The standard InChI is InChI=1S/C22H19Cl2N3O3S/c1-2-3-21-26-17(12-31-21)13-4-7-19-18(8-13)27(22(29)11-30-19)10-20(28)25-14-5-6-15(23)16(24)9-14/h4-9,12H,2-3,10-11H2,1H3,(H,25,28). The highest BCUT2D eigenvalue weighted by atomic mass is 35.5. The molecule has 0 radical (unpaired) electrons. The summed E-state index contributed by atoms with van der Waals surface area (Å²) >= 11 is 13.5. The van der Waals surface area contributed by atoms with Crippen LogP contribution < -0.4 is 15.0 Å². The Balaban J connectivity index is 1.56. The molecule has 0 saturated carbocycles. The highest BCUT2D eigenvalue weighted by Crippen LogP contribution is 2.36. The zero-order valence-corrected chi connectivity index (χ0v) is 19.0. The van der Waals surface area contributed by atoms with Gasteiger partial charge < -0.3 is 10.1 Å². The third-order valence-electron chi connectivity index (χ3n) is 4.72. The van der Waals surface area contributed by atoms with Crippen molar-refractivity contribution in [1.29, 1.82) is 0 Å². The first-order chi connectivity index (χ1) is 14.9. The first kappa shape index (κ1) is 21.6. The van der Waals surface area contributed by atoms with Gasteiger partial charge >= 0.3 is 0 Å². The van der Waals surface area contributed by atoms with E-state index in [-0.39, 0.29) is 25.0 Å². The second kappa shape index (κ2) is 9.26. The van der Waals surface area contributed by atoms with E-state index in [2.05, 4.69) is 17.2 Å². The molecule has 31 heavy (non-hydrogen) atoms. The normalized spacial score (nSPS) is 13.0. The maximum Gasteiger partial charge on any atom is 0.265 e. The molecule has 6 nitrogen and oxygen atoms in total. The van der Waals surface area contributed by atoms with Crippen LogP contribution in [-0.2, 0) is 16.0 Å². The van der Waals surface area contributed by atoms with Crippen LogP contribution in [0.15, 0.2) is 41.8 Å². The summed E-state index contributed by atoms with van der Waals surface area (Å²) in [5.41, 5.74) is 2.75. The summed E-state index contributed by atoms with van der Waals surface area (Å²) in [6.45, 7) is 1.84. The Morgan fingerprint density at radius 3 is 2.84 bits per heavy atom. The third kappa shape index (κ3) is 4.84. The molecule has 0 atom stereocenters. The number of hydrogen-bond donors (Lipinski definition) is 1. The van der Waals surface area contributed by atoms with Crippen molar-refractivity contribution in [3.8, 4) is 17.0 Å². The Morgan fingerprint density at radius 2 is 2.06 bits per heavy atom. The molecule has 9 heteroatoms. The molecular formula is C22H19Cl2N3O3S. The smallest absolute Gasteiger partial charge is 0.265 e. The number of fused-ring (bicyclic) bond motifs is 1. The highest BCUT2D eigenvalue weighted by molar-refractivity contribution is 7.09. The van der Waals surface area contributed by atoms with E-state index in [1.54, 1.807) is 35.6 Å². The highest BCUT2D eigenvalue weighted by Gasteiger charge is 2.28. The number of nitrogens with zero attached hydrogens (tertiary/aromatic N) is 2. The number of halogens is 2. The van der Waals surface area contributed by atoms with Crippen LogP contribution in [0.25, 0.3) is 11.3 Å². The van der Waals surface area contributed by atoms with Crippen molar-refractivity contribution in [3.63, 3.8) is 0 Å². The second-order valence-electron chi connectivity index (χ2n) is 7.00. The second-order valence-corrected chi connectivity index (χ2v) is 8.76. The molecule has 1 aliphatic heterocycles. The minimum atomic E-state index is -0.358. The van der Waals surface area contributed by atoms with Crippen LogP contribution >= 0.6 is 34.5 Å². The minimum absolute atomic E-state index is 0.121. The fraction of sp³-hybridized carbons (Fsp3) is 0.227. The van der Waals surface area contributed by atoms with Crippen molar-refractivity contribution >= 4 is 57.7 Å². The summed E-state index contributed by atoms with van der Waals surface area (Å²) in [5.74, 6) is -0.0996. The molecule has 4 rings (SSSR count). The largest absolute Gasteiger partial charge is 0.482 e. The van der Waals surface area contributed by atoms with Gasteiger partial charge in [-0.15, -0.1) is 11.3 Å². The number of rotatable bonds is 6. The molecule has 1 aliphatic rings. The van der Waals surface area contributed by atoms with Crippen LogP contribution in [0, 0.1) is 0 Å². The lowest BCUT2D eigenvalue weighted by Gasteiger charge is -2.29. The van der Waals surface area contributed by atoms with Crippen molar-refractivity contribution < 1.29 is 14.3 Å². The minimum Gasteiger partial charge on any atom is -0.482 e. The van der Waals surface area contributed by atoms with Gasteiger partial charge in [-0.25, -0.2) is 4.98 Å². The van der Waals surface area contributed by atoms with Gasteiger partial charge in [0.05, 0.1) is 26.4 Å². The lowest BCUT2D eigenvalue weighted by molar-refractivity contribution is -0.123. The maximum atomic E-state index is 12.6. The number of amides is 2. The van der Waals surface area contributed by atoms with E-state index >= 15 is 0 Å². The summed E-state index contributed by atoms with van der Waals surface area (Å²) in [6.07, 6.45) is 1.96. The van der Waals surface area contributed by atoms with E-state index in [0.717, 1.165) is 29.1 Å². The molecule has 0 aliphatic carbocycles. The molecule has 1 N–H and O–H groups in total. The van der Waals surface area contributed by atoms with Gasteiger partial charge in [-0.1, -0.05) is 30.1 Å². The lowest BCUT2D eigenvalue weighted by Crippen LogP contribution is -2.43. The van der Waals surface area contributed by atoms with Gasteiger partial charge in [-0.05, 0) is 49.2 Å². The van der Waals surface area contributed by atoms with Gasteiger partial charge in [-0.3, -0.25) is 14.5 Å². The van der Waals surface area contributed by atoms with Crippen molar-refractivity contribution in [2.45, 2.75) is 19.8 Å². The van der Waals surface area contributed by atoms with Crippen molar-refractivity contribution in [2.24, 2.45) is 0 Å². The fourth-order valence-electron chi connectivity index (χ4n) is 3.22. The molecule has 160 valence electrons. The summed E-state index contributed by atoms with van der Waals surface area (Å²) in [4.78, 5) is 31.3. The van der Waals surface area contributed by atoms with Gasteiger partial charge in [-0.2, -0.15) is 0 Å². The summed E-state index contributed by atoms with van der Waals surface area (Å²) < 4.78 is 5.56. The van der Waals surface area contributed by atoms with Crippen LogP contribution in [0.1, 0.15) is 18.4 Å². The van der Waals surface area contributed by atoms with Crippen molar-refractivity contribution in [2.75, 3.05) is 23.4 Å². The van der Waals surface area contributed by atoms with Gasteiger partial charge in [0.1, 0.15) is 12.3 Å². The number of benzene rings is 2. The summed E-state index contributed by atoms with van der Waals surface area (Å²) in [6, 6.07) is 10.4. The molecule has 0 bridgehead atoms. The van der Waals surface area contributed by atoms with Gasteiger partial charge in [0.2, 0.25) is 5.91 Å². The number of nitrogens with one attached hydrogen (secondary N) is 1. The number of aryl methyl sites for hydroxylation is 1. The number of ether oxygens (including phenoxy) is 1. The molecule has 2 amide bonds. The SMILES string of the molecule is CCCc1nc(-c2ccc3c(c2)N(CC(=O)Nc2ccc(Cl)c(Cl)c2)C(=O)CO3)cs1. The predicted molar refractivity (Wildman–Crippen MR) is 124 cm³/mol. The van der Waals surface area contributed by atoms with E-state index < -0.39 is 0 Å². The molecule has 2 heterocycles. The van der Waals surface area contributed by atoms with Crippen LogP contribution in [-0.4, -0.2) is 29.9 Å². The Labute approximate surface area is 193 Å². The average Bonchev–Trinajstić information content (AvgIpc) is 3.21. The van der Waals surface area contributed by atoms with E-state index in [1.165, 1.54) is 4.90 Å². The predicted octanol–water partition coefficient (Wildman–Crippen LogP) is 5.43. The quantitative estimate of drug-likeness (QED) is 0.515. The molecule has 0 saturated heterocycles. The van der Waals surface area contributed by atoms with E-state index in [0.29, 0.717) is 27.2 Å². The number of anilines is 2. The maximum absolute atomic E-state index is 12.6. The van der Waals surface area contributed by atoms with Gasteiger partial charge in [0, 0.05) is 16.6 Å². The van der Waals surface area contributed by atoms with Crippen molar-refractivity contribution in [1.82, 2.24) is 4.98 Å². The van der Waals surface area contributed by atoms with Gasteiger partial charge in [0.15, 0.2) is 6.61 Å². The summed E-state index contributed by atoms with van der Waals surface area (Å²) in [5, 5.41) is 6.55. The molecule has 0 unspecified atom stereocenters. The molecule has 1 aromatic heterocycles. The fourth-order valence-corrected chi connectivity index (χ4v) is 4.43. The average molecular weight is 476 g/mol. The van der Waals surface area contributed by atoms with E-state index in [1.807, 2.05) is 17.5 Å². The Bertz CT molecular complexity index is 1150. The molecular weight excluding hydrogens is 457 g/mol. The number of carbonyl (C=O) groups is 2. The molecule has 0 spiro atoms. The van der Waals surface area contributed by atoms with Crippen LogP contribution in [0.3, 0.4) is 0 Å². The molecule has 0 fully saturated rings. The Hall–Kier alpha value is -2.61.